The van der Waals surface area contributed by atoms with Crippen LogP contribution in [0.1, 0.15) is 27.5 Å². The van der Waals surface area contributed by atoms with Gasteiger partial charge < -0.3 is 16.4 Å². The van der Waals surface area contributed by atoms with Gasteiger partial charge in [0.05, 0.1) is 0 Å². The number of amides is 1. The maximum Gasteiger partial charge on any atom is 0.270 e. The summed E-state index contributed by atoms with van der Waals surface area (Å²) in [6, 6.07) is 3.95. The molecule has 0 radical (unpaired) electrons. The van der Waals surface area contributed by atoms with Crippen LogP contribution in [0.15, 0.2) is 23.7 Å². The molecule has 0 aliphatic heterocycles. The van der Waals surface area contributed by atoms with Crippen LogP contribution in [-0.4, -0.2) is 29.0 Å². The minimum Gasteiger partial charge on any atom is -0.370 e. The highest BCUT2D eigenvalue weighted by Crippen LogP contribution is 2.08. The Morgan fingerprint density at radius 1 is 1.38 bits per heavy atom. The Kier molecular flexibility index (Phi) is 5.65. The highest BCUT2D eigenvalue weighted by molar-refractivity contribution is 7.09. The van der Waals surface area contributed by atoms with Crippen LogP contribution in [0.2, 0.25) is 0 Å². The number of aromatic nitrogens is 2. The number of nitrogens with two attached hydrogens (primary N) is 1. The molecule has 7 heteroatoms. The van der Waals surface area contributed by atoms with Crippen molar-refractivity contribution in [3.8, 4) is 0 Å². The van der Waals surface area contributed by atoms with E-state index in [0.717, 1.165) is 29.4 Å². The summed E-state index contributed by atoms with van der Waals surface area (Å²) in [6.07, 6.45) is 2.64. The lowest BCUT2D eigenvalue weighted by molar-refractivity contribution is 0.0949. The van der Waals surface area contributed by atoms with Crippen molar-refractivity contribution in [3.05, 3.63) is 40.0 Å². The van der Waals surface area contributed by atoms with Crippen LogP contribution >= 0.6 is 11.3 Å². The zero-order valence-electron chi connectivity index (χ0n) is 11.9. The molecule has 0 unspecified atom stereocenters. The van der Waals surface area contributed by atoms with E-state index in [0.29, 0.717) is 18.8 Å². The molecule has 0 spiro atoms. The Morgan fingerprint density at radius 2 is 2.24 bits per heavy atom. The van der Waals surface area contributed by atoms with E-state index < -0.39 is 0 Å². The minimum absolute atomic E-state index is 0.153. The quantitative estimate of drug-likeness (QED) is 0.675. The Hall–Kier alpha value is -1.99. The molecule has 2 aromatic heterocycles. The second kappa shape index (κ2) is 7.70. The third kappa shape index (κ3) is 4.80. The molecule has 0 aromatic carbocycles. The summed E-state index contributed by atoms with van der Waals surface area (Å²) in [6.45, 7) is 3.71. The molecule has 4 N–H and O–H groups in total. The average Bonchev–Trinajstić information content (AvgIpc) is 2.98. The molecule has 21 heavy (non-hydrogen) atoms. The molecular weight excluding hydrogens is 286 g/mol. The van der Waals surface area contributed by atoms with Gasteiger partial charge >= 0.3 is 0 Å². The van der Waals surface area contributed by atoms with E-state index in [1.807, 2.05) is 25.3 Å². The molecule has 0 atom stereocenters. The number of hydrogen-bond acceptors (Lipinski definition) is 6. The van der Waals surface area contributed by atoms with Gasteiger partial charge in [-0.3, -0.25) is 4.79 Å². The third-order valence-corrected chi connectivity index (χ3v) is 3.69. The average molecular weight is 305 g/mol. The van der Waals surface area contributed by atoms with Gasteiger partial charge in [-0.05, 0) is 25.0 Å². The molecule has 0 saturated carbocycles. The van der Waals surface area contributed by atoms with Crippen molar-refractivity contribution in [1.82, 2.24) is 15.3 Å². The highest BCUT2D eigenvalue weighted by atomic mass is 32.1. The lowest BCUT2D eigenvalue weighted by atomic mass is 10.3. The number of carbonyl (C=O) groups is 1. The third-order valence-electron chi connectivity index (χ3n) is 2.82. The normalized spacial score (nSPS) is 10.4. The molecule has 0 bridgehead atoms. The van der Waals surface area contributed by atoms with Crippen molar-refractivity contribution < 1.29 is 4.79 Å². The fourth-order valence-electron chi connectivity index (χ4n) is 1.68. The van der Waals surface area contributed by atoms with Gasteiger partial charge in [0, 0.05) is 31.2 Å². The monoisotopic (exact) mass is 305 g/mol. The zero-order valence-corrected chi connectivity index (χ0v) is 12.7. The standard InChI is InChI=1S/C14H19N5OS/c1-10-3-4-12(18-8-10)16-5-2-6-17-14(20)11-9-21-13(7-15)19-11/h3-4,8-9H,2,5-7,15H2,1H3,(H,16,18)(H,17,20). The van der Waals surface area contributed by atoms with E-state index in [1.165, 1.54) is 11.3 Å². The molecule has 0 aliphatic carbocycles. The van der Waals surface area contributed by atoms with E-state index >= 15 is 0 Å². The predicted octanol–water partition coefficient (Wildman–Crippen LogP) is 1.54. The number of thiazole rings is 1. The summed E-state index contributed by atoms with van der Waals surface area (Å²) in [5.41, 5.74) is 7.04. The largest absolute Gasteiger partial charge is 0.370 e. The summed E-state index contributed by atoms with van der Waals surface area (Å²) in [4.78, 5) is 20.2. The fourth-order valence-corrected chi connectivity index (χ4v) is 2.33. The smallest absolute Gasteiger partial charge is 0.270 e. The number of hydrogen-bond donors (Lipinski definition) is 3. The first kappa shape index (κ1) is 15.4. The van der Waals surface area contributed by atoms with Crippen LogP contribution < -0.4 is 16.4 Å². The summed E-state index contributed by atoms with van der Waals surface area (Å²) in [5, 5.41) is 8.54. The lowest BCUT2D eigenvalue weighted by Crippen LogP contribution is -2.26. The molecular formula is C14H19N5OS. The molecule has 112 valence electrons. The van der Waals surface area contributed by atoms with Crippen LogP contribution in [0.25, 0.3) is 0 Å². The SMILES string of the molecule is Cc1ccc(NCCCNC(=O)c2csc(CN)n2)nc1. The number of carbonyl (C=O) groups excluding carboxylic acids is 1. The van der Waals surface area contributed by atoms with Gasteiger partial charge in [0.25, 0.3) is 5.91 Å². The highest BCUT2D eigenvalue weighted by Gasteiger charge is 2.08. The molecule has 1 amide bonds. The Balaban J connectivity index is 1.65. The molecule has 0 saturated heterocycles. The van der Waals surface area contributed by atoms with E-state index in [1.54, 1.807) is 5.38 Å². The number of rotatable bonds is 7. The topological polar surface area (TPSA) is 92.9 Å². The first-order valence-corrected chi connectivity index (χ1v) is 7.66. The summed E-state index contributed by atoms with van der Waals surface area (Å²) in [7, 11) is 0. The van der Waals surface area contributed by atoms with Crippen LogP contribution in [0.3, 0.4) is 0 Å². The first-order valence-electron chi connectivity index (χ1n) is 6.78. The minimum atomic E-state index is -0.153. The Morgan fingerprint density at radius 3 is 2.90 bits per heavy atom. The zero-order chi connectivity index (χ0) is 15.1. The predicted molar refractivity (Wildman–Crippen MR) is 84.4 cm³/mol. The Labute approximate surface area is 127 Å². The van der Waals surface area contributed by atoms with Crippen molar-refractivity contribution in [2.45, 2.75) is 19.9 Å². The van der Waals surface area contributed by atoms with E-state index in [4.69, 9.17) is 5.73 Å². The number of anilines is 1. The fraction of sp³-hybridized carbons (Fsp3) is 0.357. The summed E-state index contributed by atoms with van der Waals surface area (Å²) in [5.74, 6) is 0.693. The van der Waals surface area contributed by atoms with Crippen molar-refractivity contribution >= 4 is 23.1 Å². The molecule has 6 nitrogen and oxygen atoms in total. The molecule has 2 aromatic rings. The second-order valence-corrected chi connectivity index (χ2v) is 5.53. The summed E-state index contributed by atoms with van der Waals surface area (Å²) >= 11 is 1.40. The van der Waals surface area contributed by atoms with Crippen LogP contribution in [-0.2, 0) is 6.54 Å². The number of aryl methyl sites for hydroxylation is 1. The van der Waals surface area contributed by atoms with E-state index in [2.05, 4.69) is 20.6 Å². The van der Waals surface area contributed by atoms with Gasteiger partial charge in [-0.15, -0.1) is 11.3 Å². The molecule has 0 fully saturated rings. The van der Waals surface area contributed by atoms with E-state index in [9.17, 15) is 4.79 Å². The van der Waals surface area contributed by atoms with Crippen LogP contribution in [0.5, 0.6) is 0 Å². The molecule has 2 heterocycles. The number of nitrogens with one attached hydrogen (secondary N) is 2. The number of pyridine rings is 1. The number of nitrogens with zero attached hydrogens (tertiary/aromatic N) is 2. The maximum absolute atomic E-state index is 11.8. The second-order valence-electron chi connectivity index (χ2n) is 4.59. The van der Waals surface area contributed by atoms with Gasteiger partial charge in [0.2, 0.25) is 0 Å². The van der Waals surface area contributed by atoms with Crippen LogP contribution in [0, 0.1) is 6.92 Å². The van der Waals surface area contributed by atoms with Gasteiger partial charge in [-0.1, -0.05) is 6.07 Å². The van der Waals surface area contributed by atoms with Crippen molar-refractivity contribution in [2.24, 2.45) is 5.73 Å². The molecule has 0 aliphatic rings. The lowest BCUT2D eigenvalue weighted by Gasteiger charge is -2.06. The summed E-state index contributed by atoms with van der Waals surface area (Å²) < 4.78 is 0. The maximum atomic E-state index is 11.8. The van der Waals surface area contributed by atoms with Gasteiger partial charge in [0.15, 0.2) is 0 Å². The van der Waals surface area contributed by atoms with Gasteiger partial charge in [-0.2, -0.15) is 0 Å². The van der Waals surface area contributed by atoms with Crippen molar-refractivity contribution in [1.29, 1.82) is 0 Å². The van der Waals surface area contributed by atoms with E-state index in [-0.39, 0.29) is 5.91 Å². The first-order chi connectivity index (χ1) is 10.2. The van der Waals surface area contributed by atoms with Crippen molar-refractivity contribution in [2.75, 3.05) is 18.4 Å². The Bertz CT molecular complexity index is 581. The van der Waals surface area contributed by atoms with Crippen molar-refractivity contribution in [3.63, 3.8) is 0 Å². The molecule has 2 rings (SSSR count). The van der Waals surface area contributed by atoms with Gasteiger partial charge in [-0.25, -0.2) is 9.97 Å². The van der Waals surface area contributed by atoms with Gasteiger partial charge in [0.1, 0.15) is 16.5 Å². The van der Waals surface area contributed by atoms with Crippen LogP contribution in [0.4, 0.5) is 5.82 Å².